The molecule has 0 saturated carbocycles. The monoisotopic (exact) mass is 218 g/mol. The van der Waals surface area contributed by atoms with Gasteiger partial charge < -0.3 is 5.11 Å². The standard InChI is InChI=1S/C13H18N2O/c1-3-15(8-9-16)13(10-14)12-7-5-4-6-11(12)2/h4-7,13,16H,3,8-9H2,1-2H3. The van der Waals surface area contributed by atoms with E-state index in [1.54, 1.807) is 0 Å². The largest absolute Gasteiger partial charge is 0.395 e. The molecule has 0 radical (unpaired) electrons. The molecule has 1 N–H and O–H groups in total. The fourth-order valence-corrected chi connectivity index (χ4v) is 1.84. The third-order valence-electron chi connectivity index (χ3n) is 2.76. The Labute approximate surface area is 96.9 Å². The molecule has 1 rings (SSSR count). The van der Waals surface area contributed by atoms with Crippen molar-refractivity contribution in [2.24, 2.45) is 0 Å². The molecule has 1 aromatic carbocycles. The van der Waals surface area contributed by atoms with E-state index in [1.807, 2.05) is 43.0 Å². The Morgan fingerprint density at radius 1 is 1.44 bits per heavy atom. The maximum Gasteiger partial charge on any atom is 0.124 e. The van der Waals surface area contributed by atoms with Gasteiger partial charge in [0.05, 0.1) is 12.7 Å². The van der Waals surface area contributed by atoms with Crippen LogP contribution in [0.5, 0.6) is 0 Å². The van der Waals surface area contributed by atoms with Crippen molar-refractivity contribution in [3.05, 3.63) is 35.4 Å². The van der Waals surface area contributed by atoms with Crippen LogP contribution in [0.15, 0.2) is 24.3 Å². The second-order valence-electron chi connectivity index (χ2n) is 3.74. The van der Waals surface area contributed by atoms with E-state index in [0.29, 0.717) is 6.54 Å². The van der Waals surface area contributed by atoms with Gasteiger partial charge in [0.2, 0.25) is 0 Å². The number of aliphatic hydroxyl groups excluding tert-OH is 1. The summed E-state index contributed by atoms with van der Waals surface area (Å²) in [5, 5.41) is 18.2. The zero-order valence-electron chi connectivity index (χ0n) is 9.85. The van der Waals surface area contributed by atoms with Crippen LogP contribution in [0.25, 0.3) is 0 Å². The lowest BCUT2D eigenvalue weighted by molar-refractivity contribution is 0.180. The Morgan fingerprint density at radius 2 is 2.12 bits per heavy atom. The summed E-state index contributed by atoms with van der Waals surface area (Å²) in [6.07, 6.45) is 0. The van der Waals surface area contributed by atoms with E-state index in [4.69, 9.17) is 5.11 Å². The third kappa shape index (κ3) is 2.82. The molecule has 1 atom stereocenters. The number of nitrogens with zero attached hydrogens (tertiary/aromatic N) is 2. The Hall–Kier alpha value is -1.37. The van der Waals surface area contributed by atoms with Crippen molar-refractivity contribution in [1.82, 2.24) is 4.90 Å². The smallest absolute Gasteiger partial charge is 0.124 e. The summed E-state index contributed by atoms with van der Waals surface area (Å²) in [6, 6.07) is 9.94. The van der Waals surface area contributed by atoms with Gasteiger partial charge in [-0.1, -0.05) is 31.2 Å². The van der Waals surface area contributed by atoms with Crippen LogP contribution in [0.2, 0.25) is 0 Å². The molecule has 0 aliphatic carbocycles. The Bertz CT molecular complexity index is 370. The van der Waals surface area contributed by atoms with Gasteiger partial charge in [-0.25, -0.2) is 0 Å². The molecular formula is C13H18N2O. The Balaban J connectivity index is 2.98. The number of hydrogen-bond acceptors (Lipinski definition) is 3. The third-order valence-corrected chi connectivity index (χ3v) is 2.76. The molecule has 3 nitrogen and oxygen atoms in total. The van der Waals surface area contributed by atoms with Gasteiger partial charge in [0, 0.05) is 6.54 Å². The van der Waals surface area contributed by atoms with Crippen LogP contribution in [0, 0.1) is 18.3 Å². The highest BCUT2D eigenvalue weighted by Gasteiger charge is 2.19. The van der Waals surface area contributed by atoms with E-state index in [9.17, 15) is 5.26 Å². The molecule has 0 aliphatic heterocycles. The van der Waals surface area contributed by atoms with Gasteiger partial charge in [0.15, 0.2) is 0 Å². The minimum absolute atomic E-state index is 0.0813. The molecule has 86 valence electrons. The normalized spacial score (nSPS) is 12.4. The van der Waals surface area contributed by atoms with Gasteiger partial charge in [-0.05, 0) is 24.6 Å². The van der Waals surface area contributed by atoms with E-state index in [-0.39, 0.29) is 12.6 Å². The van der Waals surface area contributed by atoms with E-state index < -0.39 is 0 Å². The topological polar surface area (TPSA) is 47.3 Å². The first-order valence-electron chi connectivity index (χ1n) is 5.54. The molecular weight excluding hydrogens is 200 g/mol. The minimum atomic E-state index is -0.265. The molecule has 0 amide bonds. The molecule has 0 saturated heterocycles. The van der Waals surface area contributed by atoms with E-state index in [0.717, 1.165) is 17.7 Å². The number of benzene rings is 1. The lowest BCUT2D eigenvalue weighted by Crippen LogP contribution is -2.30. The molecule has 0 bridgehead atoms. The SMILES string of the molecule is CCN(CCO)C(C#N)c1ccccc1C. The van der Waals surface area contributed by atoms with Crippen molar-refractivity contribution < 1.29 is 5.11 Å². The summed E-state index contributed by atoms with van der Waals surface area (Å²) in [7, 11) is 0. The van der Waals surface area contributed by atoms with Crippen LogP contribution in [0.4, 0.5) is 0 Å². The Kier molecular flexibility index (Phi) is 4.97. The van der Waals surface area contributed by atoms with Gasteiger partial charge in [-0.2, -0.15) is 5.26 Å². The maximum atomic E-state index is 9.26. The summed E-state index contributed by atoms with van der Waals surface area (Å²) < 4.78 is 0. The van der Waals surface area contributed by atoms with E-state index >= 15 is 0 Å². The molecule has 0 heterocycles. The summed E-state index contributed by atoms with van der Waals surface area (Å²) in [5.41, 5.74) is 2.14. The predicted octanol–water partition coefficient (Wildman–Crippen LogP) is 1.87. The van der Waals surface area contributed by atoms with Gasteiger partial charge in [0.1, 0.15) is 6.04 Å². The highest BCUT2D eigenvalue weighted by Crippen LogP contribution is 2.22. The summed E-state index contributed by atoms with van der Waals surface area (Å²) >= 11 is 0. The number of rotatable bonds is 5. The van der Waals surface area contributed by atoms with E-state index in [1.165, 1.54) is 0 Å². The summed E-state index contributed by atoms with van der Waals surface area (Å²) in [4.78, 5) is 1.97. The zero-order chi connectivity index (χ0) is 12.0. The maximum absolute atomic E-state index is 9.26. The van der Waals surface area contributed by atoms with Crippen LogP contribution in [-0.2, 0) is 0 Å². The van der Waals surface area contributed by atoms with Crippen LogP contribution in [0.1, 0.15) is 24.1 Å². The number of nitriles is 1. The number of hydrogen-bond donors (Lipinski definition) is 1. The fraction of sp³-hybridized carbons (Fsp3) is 0.462. The van der Waals surface area contributed by atoms with Gasteiger partial charge in [0.25, 0.3) is 0 Å². The van der Waals surface area contributed by atoms with Crippen molar-refractivity contribution in [3.63, 3.8) is 0 Å². The van der Waals surface area contributed by atoms with E-state index in [2.05, 4.69) is 6.07 Å². The van der Waals surface area contributed by atoms with Crippen LogP contribution >= 0.6 is 0 Å². The first-order valence-corrected chi connectivity index (χ1v) is 5.54. The number of likely N-dealkylation sites (N-methyl/N-ethyl adjacent to an activating group) is 1. The molecule has 0 aliphatic rings. The van der Waals surface area contributed by atoms with Gasteiger partial charge in [-0.15, -0.1) is 0 Å². The zero-order valence-corrected chi connectivity index (χ0v) is 9.85. The highest BCUT2D eigenvalue weighted by molar-refractivity contribution is 5.32. The van der Waals surface area contributed by atoms with Crippen molar-refractivity contribution >= 4 is 0 Å². The van der Waals surface area contributed by atoms with Crippen LogP contribution in [-0.4, -0.2) is 29.7 Å². The molecule has 0 aromatic heterocycles. The summed E-state index contributed by atoms with van der Waals surface area (Å²) in [6.45, 7) is 5.37. The predicted molar refractivity (Wildman–Crippen MR) is 63.9 cm³/mol. The number of aliphatic hydroxyl groups is 1. The fourth-order valence-electron chi connectivity index (χ4n) is 1.84. The second kappa shape index (κ2) is 6.26. The number of aryl methyl sites for hydroxylation is 1. The minimum Gasteiger partial charge on any atom is -0.395 e. The Morgan fingerprint density at radius 3 is 2.62 bits per heavy atom. The van der Waals surface area contributed by atoms with Crippen molar-refractivity contribution in [1.29, 1.82) is 5.26 Å². The van der Waals surface area contributed by atoms with Crippen molar-refractivity contribution in [3.8, 4) is 6.07 Å². The summed E-state index contributed by atoms with van der Waals surface area (Å²) in [5.74, 6) is 0. The molecule has 0 spiro atoms. The lowest BCUT2D eigenvalue weighted by Gasteiger charge is -2.26. The molecule has 0 fully saturated rings. The average molecular weight is 218 g/mol. The van der Waals surface area contributed by atoms with Crippen molar-refractivity contribution in [2.75, 3.05) is 19.7 Å². The molecule has 3 heteroatoms. The quantitative estimate of drug-likeness (QED) is 0.820. The molecule has 1 unspecified atom stereocenters. The van der Waals surface area contributed by atoms with Gasteiger partial charge in [-0.3, -0.25) is 4.90 Å². The van der Waals surface area contributed by atoms with Crippen LogP contribution in [0.3, 0.4) is 0 Å². The lowest BCUT2D eigenvalue weighted by atomic mass is 10.0. The first kappa shape index (κ1) is 12.7. The first-order chi connectivity index (χ1) is 7.74. The molecule has 16 heavy (non-hydrogen) atoms. The second-order valence-corrected chi connectivity index (χ2v) is 3.74. The average Bonchev–Trinajstić information content (AvgIpc) is 2.31. The highest BCUT2D eigenvalue weighted by atomic mass is 16.3. The van der Waals surface area contributed by atoms with Crippen molar-refractivity contribution in [2.45, 2.75) is 19.9 Å². The van der Waals surface area contributed by atoms with Gasteiger partial charge >= 0.3 is 0 Å². The van der Waals surface area contributed by atoms with Crippen LogP contribution < -0.4 is 0 Å². The molecule has 1 aromatic rings.